The zero-order valence-electron chi connectivity index (χ0n) is 9.45. The largest absolute Gasteiger partial charge is 0.379 e. The standard InChI is InChI=1S/C10H18N4O/c1-4-8-9(6-14(3)13-8)12-7(2)5-10(11)15/h6-7,12H,4-5H2,1-3H3,(H2,11,15). The maximum atomic E-state index is 10.7. The molecule has 5 heteroatoms. The average Bonchev–Trinajstić information content (AvgIpc) is 2.44. The van der Waals surface area contributed by atoms with Crippen molar-refractivity contribution < 1.29 is 4.79 Å². The van der Waals surface area contributed by atoms with Gasteiger partial charge >= 0.3 is 0 Å². The van der Waals surface area contributed by atoms with Crippen LogP contribution in [0.4, 0.5) is 5.69 Å². The SMILES string of the molecule is CCc1nn(C)cc1NC(C)CC(N)=O. The van der Waals surface area contributed by atoms with Crippen LogP contribution in [0.1, 0.15) is 26.0 Å². The Morgan fingerprint density at radius 2 is 2.40 bits per heavy atom. The quantitative estimate of drug-likeness (QED) is 0.749. The molecule has 1 atom stereocenters. The summed E-state index contributed by atoms with van der Waals surface area (Å²) in [6.45, 7) is 3.98. The summed E-state index contributed by atoms with van der Waals surface area (Å²) >= 11 is 0. The zero-order chi connectivity index (χ0) is 11.4. The lowest BCUT2D eigenvalue weighted by atomic mass is 10.2. The number of aryl methyl sites for hydroxylation is 2. The minimum atomic E-state index is -0.295. The number of nitrogens with zero attached hydrogens (tertiary/aromatic N) is 2. The number of primary amides is 1. The van der Waals surface area contributed by atoms with Crippen molar-refractivity contribution in [3.05, 3.63) is 11.9 Å². The Labute approximate surface area is 89.6 Å². The fourth-order valence-electron chi connectivity index (χ4n) is 1.53. The molecule has 0 aromatic carbocycles. The van der Waals surface area contributed by atoms with Crippen LogP contribution in [-0.2, 0) is 18.3 Å². The third-order valence-corrected chi connectivity index (χ3v) is 2.15. The lowest BCUT2D eigenvalue weighted by Gasteiger charge is -2.12. The molecule has 0 saturated heterocycles. The number of anilines is 1. The van der Waals surface area contributed by atoms with E-state index in [0.29, 0.717) is 6.42 Å². The Morgan fingerprint density at radius 1 is 1.73 bits per heavy atom. The molecule has 3 N–H and O–H groups in total. The van der Waals surface area contributed by atoms with E-state index < -0.39 is 0 Å². The van der Waals surface area contributed by atoms with E-state index in [4.69, 9.17) is 5.73 Å². The van der Waals surface area contributed by atoms with Crippen LogP contribution in [-0.4, -0.2) is 21.7 Å². The highest BCUT2D eigenvalue weighted by atomic mass is 16.1. The Bertz CT molecular complexity index is 345. The van der Waals surface area contributed by atoms with Crippen LogP contribution in [0.3, 0.4) is 0 Å². The van der Waals surface area contributed by atoms with Gasteiger partial charge in [0.2, 0.25) is 5.91 Å². The first kappa shape index (κ1) is 11.6. The number of hydrogen-bond donors (Lipinski definition) is 2. The van der Waals surface area contributed by atoms with Gasteiger partial charge in [0.15, 0.2) is 0 Å². The highest BCUT2D eigenvalue weighted by Crippen LogP contribution is 2.15. The Balaban J connectivity index is 2.66. The first-order valence-electron chi connectivity index (χ1n) is 5.10. The van der Waals surface area contributed by atoms with Gasteiger partial charge in [0.1, 0.15) is 0 Å². The van der Waals surface area contributed by atoms with Crippen LogP contribution in [0.2, 0.25) is 0 Å². The summed E-state index contributed by atoms with van der Waals surface area (Å²) in [5.74, 6) is -0.295. The molecule has 0 radical (unpaired) electrons. The van der Waals surface area contributed by atoms with Crippen molar-refractivity contribution >= 4 is 11.6 Å². The molecule has 0 aliphatic carbocycles. The molecular weight excluding hydrogens is 192 g/mol. The molecule has 1 aromatic rings. The van der Waals surface area contributed by atoms with Crippen molar-refractivity contribution in [2.24, 2.45) is 12.8 Å². The minimum absolute atomic E-state index is 0.0389. The number of rotatable bonds is 5. The summed E-state index contributed by atoms with van der Waals surface area (Å²) in [5.41, 5.74) is 7.11. The Kier molecular flexibility index (Phi) is 3.71. The van der Waals surface area contributed by atoms with Gasteiger partial charge in [-0.15, -0.1) is 0 Å². The molecule has 1 amide bonds. The van der Waals surface area contributed by atoms with Gasteiger partial charge in [0, 0.05) is 25.7 Å². The summed E-state index contributed by atoms with van der Waals surface area (Å²) in [6.07, 6.45) is 3.11. The molecule has 0 saturated carbocycles. The lowest BCUT2D eigenvalue weighted by molar-refractivity contribution is -0.118. The minimum Gasteiger partial charge on any atom is -0.379 e. The highest BCUT2D eigenvalue weighted by molar-refractivity contribution is 5.74. The first-order valence-corrected chi connectivity index (χ1v) is 5.10. The molecule has 1 heterocycles. The van der Waals surface area contributed by atoms with Gasteiger partial charge < -0.3 is 11.1 Å². The third-order valence-electron chi connectivity index (χ3n) is 2.15. The summed E-state index contributed by atoms with van der Waals surface area (Å²) in [6, 6.07) is 0.0389. The van der Waals surface area contributed by atoms with E-state index >= 15 is 0 Å². The molecule has 0 fully saturated rings. The van der Waals surface area contributed by atoms with Crippen molar-refractivity contribution in [1.29, 1.82) is 0 Å². The van der Waals surface area contributed by atoms with Crippen LogP contribution in [0.15, 0.2) is 6.20 Å². The maximum absolute atomic E-state index is 10.7. The molecule has 84 valence electrons. The fraction of sp³-hybridized carbons (Fsp3) is 0.600. The topological polar surface area (TPSA) is 72.9 Å². The second-order valence-electron chi connectivity index (χ2n) is 3.73. The van der Waals surface area contributed by atoms with Gasteiger partial charge in [-0.05, 0) is 13.3 Å². The molecule has 5 nitrogen and oxygen atoms in total. The molecule has 1 unspecified atom stereocenters. The molecule has 0 aliphatic rings. The van der Waals surface area contributed by atoms with E-state index in [-0.39, 0.29) is 11.9 Å². The summed E-state index contributed by atoms with van der Waals surface area (Å²) < 4.78 is 1.76. The second kappa shape index (κ2) is 4.82. The normalized spacial score (nSPS) is 12.5. The maximum Gasteiger partial charge on any atom is 0.219 e. The van der Waals surface area contributed by atoms with Crippen LogP contribution in [0.5, 0.6) is 0 Å². The number of hydrogen-bond acceptors (Lipinski definition) is 3. The van der Waals surface area contributed by atoms with E-state index in [1.165, 1.54) is 0 Å². The fourth-order valence-corrected chi connectivity index (χ4v) is 1.53. The number of carbonyl (C=O) groups excluding carboxylic acids is 1. The number of nitrogens with two attached hydrogens (primary N) is 1. The molecular formula is C10H18N4O. The molecule has 0 bridgehead atoms. The molecule has 1 aromatic heterocycles. The van der Waals surface area contributed by atoms with E-state index in [1.807, 2.05) is 27.1 Å². The van der Waals surface area contributed by atoms with Crippen molar-refractivity contribution in [3.63, 3.8) is 0 Å². The third kappa shape index (κ3) is 3.27. The van der Waals surface area contributed by atoms with Gasteiger partial charge in [-0.3, -0.25) is 9.48 Å². The van der Waals surface area contributed by atoms with E-state index in [2.05, 4.69) is 10.4 Å². The summed E-state index contributed by atoms with van der Waals surface area (Å²) in [5, 5.41) is 7.53. The van der Waals surface area contributed by atoms with Crippen molar-refractivity contribution in [2.45, 2.75) is 32.7 Å². The van der Waals surface area contributed by atoms with Gasteiger partial charge in [-0.25, -0.2) is 0 Å². The van der Waals surface area contributed by atoms with E-state index in [0.717, 1.165) is 17.8 Å². The zero-order valence-corrected chi connectivity index (χ0v) is 9.45. The predicted octanol–water partition coefficient (Wildman–Crippen LogP) is 0.658. The number of carbonyl (C=O) groups is 1. The van der Waals surface area contributed by atoms with Crippen molar-refractivity contribution in [2.75, 3.05) is 5.32 Å². The lowest BCUT2D eigenvalue weighted by Crippen LogP contribution is -2.24. The summed E-state index contributed by atoms with van der Waals surface area (Å²) in [7, 11) is 1.88. The van der Waals surface area contributed by atoms with Crippen LogP contribution in [0, 0.1) is 0 Å². The van der Waals surface area contributed by atoms with Crippen LogP contribution in [0.25, 0.3) is 0 Å². The van der Waals surface area contributed by atoms with Crippen molar-refractivity contribution in [3.8, 4) is 0 Å². The number of aromatic nitrogens is 2. The van der Waals surface area contributed by atoms with Crippen LogP contribution < -0.4 is 11.1 Å². The monoisotopic (exact) mass is 210 g/mol. The molecule has 0 spiro atoms. The molecule has 1 rings (SSSR count). The second-order valence-corrected chi connectivity index (χ2v) is 3.73. The Hall–Kier alpha value is -1.52. The molecule has 0 aliphatic heterocycles. The summed E-state index contributed by atoms with van der Waals surface area (Å²) in [4.78, 5) is 10.7. The van der Waals surface area contributed by atoms with Gasteiger partial charge in [0.25, 0.3) is 0 Å². The van der Waals surface area contributed by atoms with E-state index in [9.17, 15) is 4.79 Å². The number of amides is 1. The Morgan fingerprint density at radius 3 is 2.93 bits per heavy atom. The van der Waals surface area contributed by atoms with Crippen LogP contribution >= 0.6 is 0 Å². The van der Waals surface area contributed by atoms with Gasteiger partial charge in [-0.2, -0.15) is 5.10 Å². The van der Waals surface area contributed by atoms with E-state index in [1.54, 1.807) is 4.68 Å². The highest BCUT2D eigenvalue weighted by Gasteiger charge is 2.10. The van der Waals surface area contributed by atoms with Gasteiger partial charge in [-0.1, -0.05) is 6.92 Å². The number of nitrogens with one attached hydrogen (secondary N) is 1. The van der Waals surface area contributed by atoms with Crippen molar-refractivity contribution in [1.82, 2.24) is 9.78 Å². The average molecular weight is 210 g/mol. The van der Waals surface area contributed by atoms with Gasteiger partial charge in [0.05, 0.1) is 11.4 Å². The first-order chi connectivity index (χ1) is 7.02. The molecule has 15 heavy (non-hydrogen) atoms. The predicted molar refractivity (Wildman–Crippen MR) is 59.5 cm³/mol. The smallest absolute Gasteiger partial charge is 0.219 e.